The average molecular weight is 374 g/mol. The second kappa shape index (κ2) is 7.52. The number of ether oxygens (including phenoxy) is 1. The van der Waals surface area contributed by atoms with Gasteiger partial charge in [0.1, 0.15) is 11.3 Å². The van der Waals surface area contributed by atoms with E-state index in [0.29, 0.717) is 34.9 Å². The number of nitro benzene ring substituents is 1. The molecule has 6 nitrogen and oxygen atoms in total. The van der Waals surface area contributed by atoms with E-state index in [4.69, 9.17) is 9.15 Å². The highest BCUT2D eigenvalue weighted by atomic mass is 16.6. The minimum atomic E-state index is -0.441. The molecule has 1 aromatic heterocycles. The first-order valence-electron chi connectivity index (χ1n) is 9.03. The van der Waals surface area contributed by atoms with Crippen LogP contribution in [0.1, 0.15) is 13.3 Å². The molecule has 0 bridgehead atoms. The third-order valence-corrected chi connectivity index (χ3v) is 4.36. The molecule has 0 aliphatic heterocycles. The molecule has 0 amide bonds. The van der Waals surface area contributed by atoms with Crippen LogP contribution in [-0.2, 0) is 0 Å². The number of fused-ring (bicyclic) bond motifs is 1. The van der Waals surface area contributed by atoms with Crippen LogP contribution in [0.15, 0.2) is 71.1 Å². The Kier molecular flexibility index (Phi) is 4.76. The van der Waals surface area contributed by atoms with E-state index in [0.717, 1.165) is 17.5 Å². The third kappa shape index (κ3) is 3.44. The first kappa shape index (κ1) is 17.7. The molecule has 0 N–H and O–H groups in total. The van der Waals surface area contributed by atoms with Gasteiger partial charge >= 0.3 is 0 Å². The minimum absolute atomic E-state index is 0.0360. The Morgan fingerprint density at radius 2 is 1.86 bits per heavy atom. The van der Waals surface area contributed by atoms with Crippen LogP contribution in [0.2, 0.25) is 0 Å². The maximum Gasteiger partial charge on any atom is 0.270 e. The van der Waals surface area contributed by atoms with Crippen LogP contribution in [0, 0.1) is 10.1 Å². The van der Waals surface area contributed by atoms with Crippen molar-refractivity contribution in [3.05, 3.63) is 76.8 Å². The fraction of sp³-hybridized carbons (Fsp3) is 0.136. The molecule has 4 rings (SSSR count). The Morgan fingerprint density at radius 1 is 1.04 bits per heavy atom. The van der Waals surface area contributed by atoms with Crippen molar-refractivity contribution in [1.82, 2.24) is 4.98 Å². The van der Waals surface area contributed by atoms with Crippen LogP contribution in [0.4, 0.5) is 5.69 Å². The molecule has 6 heteroatoms. The molecule has 0 saturated heterocycles. The molecule has 0 aliphatic carbocycles. The second-order valence-electron chi connectivity index (χ2n) is 6.35. The monoisotopic (exact) mass is 374 g/mol. The van der Waals surface area contributed by atoms with E-state index in [2.05, 4.69) is 4.98 Å². The highest BCUT2D eigenvalue weighted by Crippen LogP contribution is 2.35. The van der Waals surface area contributed by atoms with Gasteiger partial charge in [-0.2, -0.15) is 0 Å². The lowest BCUT2D eigenvalue weighted by atomic mass is 10.1. The van der Waals surface area contributed by atoms with E-state index >= 15 is 0 Å². The quantitative estimate of drug-likeness (QED) is 0.312. The van der Waals surface area contributed by atoms with Gasteiger partial charge in [0, 0.05) is 12.1 Å². The predicted molar refractivity (Wildman–Crippen MR) is 107 cm³/mol. The van der Waals surface area contributed by atoms with Crippen molar-refractivity contribution in [2.75, 3.05) is 6.61 Å². The molecule has 0 unspecified atom stereocenters. The molecule has 3 aromatic carbocycles. The fourth-order valence-electron chi connectivity index (χ4n) is 2.99. The van der Waals surface area contributed by atoms with E-state index in [1.54, 1.807) is 6.07 Å². The molecule has 0 saturated carbocycles. The standard InChI is InChI=1S/C22H18N2O4/c1-2-12-27-20-11-9-17(24(25)26)14-18(20)22-23-19-13-16(8-10-21(19)28-22)15-6-4-3-5-7-15/h3-11,13-14H,2,12H2,1H3. The van der Waals surface area contributed by atoms with Crippen molar-refractivity contribution < 1.29 is 14.1 Å². The Labute approximate surface area is 161 Å². The van der Waals surface area contributed by atoms with Crippen molar-refractivity contribution in [1.29, 1.82) is 0 Å². The number of benzene rings is 3. The van der Waals surface area contributed by atoms with E-state index in [1.165, 1.54) is 12.1 Å². The van der Waals surface area contributed by atoms with Crippen molar-refractivity contribution >= 4 is 16.8 Å². The highest BCUT2D eigenvalue weighted by Gasteiger charge is 2.18. The molecular weight excluding hydrogens is 356 g/mol. The summed E-state index contributed by atoms with van der Waals surface area (Å²) in [6, 6.07) is 20.2. The summed E-state index contributed by atoms with van der Waals surface area (Å²) in [5, 5.41) is 11.2. The van der Waals surface area contributed by atoms with Crippen LogP contribution in [0.25, 0.3) is 33.7 Å². The van der Waals surface area contributed by atoms with Crippen LogP contribution in [0.3, 0.4) is 0 Å². The molecule has 1 heterocycles. The lowest BCUT2D eigenvalue weighted by Gasteiger charge is -2.08. The van der Waals surface area contributed by atoms with Gasteiger partial charge in [0.2, 0.25) is 5.89 Å². The van der Waals surface area contributed by atoms with Gasteiger partial charge in [0.05, 0.1) is 17.1 Å². The second-order valence-corrected chi connectivity index (χ2v) is 6.35. The molecule has 28 heavy (non-hydrogen) atoms. The zero-order chi connectivity index (χ0) is 19.5. The molecule has 140 valence electrons. The fourth-order valence-corrected chi connectivity index (χ4v) is 2.99. The van der Waals surface area contributed by atoms with Gasteiger partial charge < -0.3 is 9.15 Å². The van der Waals surface area contributed by atoms with Gasteiger partial charge in [-0.1, -0.05) is 43.3 Å². The summed E-state index contributed by atoms with van der Waals surface area (Å²) in [6.45, 7) is 2.50. The maximum absolute atomic E-state index is 11.2. The molecule has 0 atom stereocenters. The van der Waals surface area contributed by atoms with Crippen LogP contribution < -0.4 is 4.74 Å². The lowest BCUT2D eigenvalue weighted by molar-refractivity contribution is -0.384. The number of non-ortho nitro benzene ring substituents is 1. The van der Waals surface area contributed by atoms with E-state index in [-0.39, 0.29) is 5.69 Å². The SMILES string of the molecule is CCCOc1ccc([N+](=O)[O-])cc1-c1nc2cc(-c3ccccc3)ccc2o1. The van der Waals surface area contributed by atoms with Gasteiger partial charge in [-0.15, -0.1) is 0 Å². The van der Waals surface area contributed by atoms with Crippen LogP contribution in [0.5, 0.6) is 5.75 Å². The van der Waals surface area contributed by atoms with Crippen molar-refractivity contribution in [3.8, 4) is 28.3 Å². The number of rotatable bonds is 6. The summed E-state index contributed by atoms with van der Waals surface area (Å²) in [5.41, 5.74) is 3.84. The summed E-state index contributed by atoms with van der Waals surface area (Å²) in [5.74, 6) is 0.817. The Balaban J connectivity index is 1.80. The largest absolute Gasteiger partial charge is 0.493 e. The maximum atomic E-state index is 11.2. The summed E-state index contributed by atoms with van der Waals surface area (Å²) in [6.07, 6.45) is 0.824. The van der Waals surface area contributed by atoms with Gasteiger partial charge in [-0.3, -0.25) is 10.1 Å². The van der Waals surface area contributed by atoms with Gasteiger partial charge in [0.15, 0.2) is 5.58 Å². The smallest absolute Gasteiger partial charge is 0.270 e. The van der Waals surface area contributed by atoms with Crippen molar-refractivity contribution in [2.24, 2.45) is 0 Å². The van der Waals surface area contributed by atoms with Crippen LogP contribution >= 0.6 is 0 Å². The Hall–Kier alpha value is -3.67. The van der Waals surface area contributed by atoms with E-state index < -0.39 is 4.92 Å². The zero-order valence-corrected chi connectivity index (χ0v) is 15.3. The zero-order valence-electron chi connectivity index (χ0n) is 15.3. The molecule has 0 aliphatic rings. The first-order chi connectivity index (χ1) is 13.7. The van der Waals surface area contributed by atoms with Gasteiger partial charge in [-0.25, -0.2) is 4.98 Å². The predicted octanol–water partition coefficient (Wildman–Crippen LogP) is 5.86. The summed E-state index contributed by atoms with van der Waals surface area (Å²) >= 11 is 0. The first-order valence-corrected chi connectivity index (χ1v) is 9.03. The van der Waals surface area contributed by atoms with E-state index in [9.17, 15) is 10.1 Å². The molecule has 4 aromatic rings. The highest BCUT2D eigenvalue weighted by molar-refractivity contribution is 5.83. The third-order valence-electron chi connectivity index (χ3n) is 4.36. The number of hydrogen-bond donors (Lipinski definition) is 0. The summed E-state index contributed by atoms with van der Waals surface area (Å²) in [4.78, 5) is 15.3. The van der Waals surface area contributed by atoms with Crippen LogP contribution in [-0.4, -0.2) is 16.5 Å². The Morgan fingerprint density at radius 3 is 2.61 bits per heavy atom. The van der Waals surface area contributed by atoms with Crippen molar-refractivity contribution in [3.63, 3.8) is 0 Å². The molecule has 0 fully saturated rings. The number of hydrogen-bond acceptors (Lipinski definition) is 5. The lowest BCUT2D eigenvalue weighted by Crippen LogP contribution is -1.98. The van der Waals surface area contributed by atoms with Gasteiger partial charge in [0.25, 0.3) is 5.69 Å². The van der Waals surface area contributed by atoms with E-state index in [1.807, 2.05) is 55.5 Å². The average Bonchev–Trinajstić information content (AvgIpc) is 3.16. The molecular formula is C22H18N2O4. The topological polar surface area (TPSA) is 78.4 Å². The van der Waals surface area contributed by atoms with Crippen molar-refractivity contribution in [2.45, 2.75) is 13.3 Å². The number of nitro groups is 1. The number of nitrogens with zero attached hydrogens (tertiary/aromatic N) is 2. The Bertz CT molecular complexity index is 1140. The summed E-state index contributed by atoms with van der Waals surface area (Å²) in [7, 11) is 0. The normalized spacial score (nSPS) is 10.9. The summed E-state index contributed by atoms with van der Waals surface area (Å²) < 4.78 is 11.6. The molecule has 0 spiro atoms. The molecule has 0 radical (unpaired) electrons. The minimum Gasteiger partial charge on any atom is -0.493 e. The van der Waals surface area contributed by atoms with Gasteiger partial charge in [-0.05, 0) is 35.7 Å². The number of aromatic nitrogens is 1. The number of oxazole rings is 1.